The van der Waals surface area contributed by atoms with Crippen LogP contribution in [0.5, 0.6) is 0 Å². The second kappa shape index (κ2) is 7.04. The van der Waals surface area contributed by atoms with Gasteiger partial charge < -0.3 is 0 Å². The van der Waals surface area contributed by atoms with Crippen LogP contribution in [0.1, 0.15) is 29.3 Å². The summed E-state index contributed by atoms with van der Waals surface area (Å²) in [6.45, 7) is 5.20. The Balaban J connectivity index is 1.70. The van der Waals surface area contributed by atoms with E-state index >= 15 is 0 Å². The number of benzene rings is 1. The van der Waals surface area contributed by atoms with Crippen molar-refractivity contribution in [2.75, 3.05) is 19.3 Å². The SMILES string of the molecule is Cc1ccccc1CN1Cc2ccnn2[C@H](CCNS(C)(=O)=O)C1. The van der Waals surface area contributed by atoms with E-state index in [1.165, 1.54) is 23.1 Å². The van der Waals surface area contributed by atoms with E-state index in [1.807, 2.05) is 16.9 Å². The summed E-state index contributed by atoms with van der Waals surface area (Å²) in [5.74, 6) is 0. The van der Waals surface area contributed by atoms with Gasteiger partial charge in [0, 0.05) is 32.4 Å². The Bertz CT molecular complexity index is 800. The van der Waals surface area contributed by atoms with Gasteiger partial charge in [0.15, 0.2) is 0 Å². The van der Waals surface area contributed by atoms with E-state index in [-0.39, 0.29) is 6.04 Å². The lowest BCUT2D eigenvalue weighted by Gasteiger charge is -2.34. The monoisotopic (exact) mass is 348 g/mol. The van der Waals surface area contributed by atoms with E-state index in [9.17, 15) is 8.42 Å². The lowest BCUT2D eigenvalue weighted by Crippen LogP contribution is -2.39. The molecule has 1 aromatic carbocycles. The molecule has 1 aliphatic heterocycles. The van der Waals surface area contributed by atoms with Crippen LogP contribution in [0.25, 0.3) is 0 Å². The molecule has 130 valence electrons. The molecule has 1 aromatic heterocycles. The van der Waals surface area contributed by atoms with Crippen molar-refractivity contribution in [1.82, 2.24) is 19.4 Å². The molecule has 2 heterocycles. The first kappa shape index (κ1) is 17.1. The number of nitrogens with one attached hydrogen (secondary N) is 1. The zero-order chi connectivity index (χ0) is 17.2. The van der Waals surface area contributed by atoms with Crippen LogP contribution in [0.3, 0.4) is 0 Å². The van der Waals surface area contributed by atoms with E-state index in [4.69, 9.17) is 0 Å². The average molecular weight is 348 g/mol. The van der Waals surface area contributed by atoms with Crippen LogP contribution in [0.4, 0.5) is 0 Å². The molecule has 1 atom stereocenters. The lowest BCUT2D eigenvalue weighted by molar-refractivity contribution is 0.162. The molecule has 3 rings (SSSR count). The van der Waals surface area contributed by atoms with Crippen LogP contribution >= 0.6 is 0 Å². The van der Waals surface area contributed by atoms with E-state index in [2.05, 4.69) is 45.9 Å². The van der Waals surface area contributed by atoms with Gasteiger partial charge in [0.05, 0.1) is 18.0 Å². The average Bonchev–Trinajstić information content (AvgIpc) is 2.97. The second-order valence-corrected chi connectivity index (χ2v) is 8.31. The maximum Gasteiger partial charge on any atom is 0.208 e. The van der Waals surface area contributed by atoms with Crippen molar-refractivity contribution in [1.29, 1.82) is 0 Å². The third-order valence-corrected chi connectivity index (χ3v) is 5.18. The number of hydrogen-bond acceptors (Lipinski definition) is 4. The normalized spacial score (nSPS) is 18.5. The van der Waals surface area contributed by atoms with Gasteiger partial charge in [0.2, 0.25) is 10.0 Å². The summed E-state index contributed by atoms with van der Waals surface area (Å²) in [6, 6.07) is 10.7. The van der Waals surface area contributed by atoms with Crippen molar-refractivity contribution in [2.24, 2.45) is 0 Å². The zero-order valence-electron chi connectivity index (χ0n) is 14.1. The molecule has 7 heteroatoms. The lowest BCUT2D eigenvalue weighted by atomic mass is 10.1. The summed E-state index contributed by atoms with van der Waals surface area (Å²) in [6.07, 6.45) is 3.74. The van der Waals surface area contributed by atoms with Gasteiger partial charge in [-0.15, -0.1) is 0 Å². The Morgan fingerprint density at radius 3 is 2.83 bits per heavy atom. The van der Waals surface area contributed by atoms with Gasteiger partial charge in [0.1, 0.15) is 0 Å². The molecule has 0 saturated heterocycles. The number of nitrogens with zero attached hydrogens (tertiary/aromatic N) is 3. The van der Waals surface area contributed by atoms with Gasteiger partial charge in [-0.1, -0.05) is 24.3 Å². The summed E-state index contributed by atoms with van der Waals surface area (Å²) >= 11 is 0. The van der Waals surface area contributed by atoms with Crippen molar-refractivity contribution >= 4 is 10.0 Å². The molecule has 0 radical (unpaired) electrons. The molecule has 0 amide bonds. The molecule has 0 fully saturated rings. The maximum absolute atomic E-state index is 11.3. The largest absolute Gasteiger partial charge is 0.291 e. The first-order valence-corrected chi connectivity index (χ1v) is 10.1. The predicted octanol–water partition coefficient (Wildman–Crippen LogP) is 1.69. The molecule has 0 spiro atoms. The summed E-state index contributed by atoms with van der Waals surface area (Å²) < 4.78 is 27.2. The Morgan fingerprint density at radius 1 is 1.29 bits per heavy atom. The van der Waals surface area contributed by atoms with Gasteiger partial charge in [-0.3, -0.25) is 9.58 Å². The Labute approximate surface area is 143 Å². The fourth-order valence-electron chi connectivity index (χ4n) is 3.24. The van der Waals surface area contributed by atoms with Crippen LogP contribution in [-0.4, -0.2) is 42.4 Å². The standard InChI is InChI=1S/C17H24N4O2S/c1-14-5-3-4-6-15(14)11-20-12-16-7-9-18-21(16)17(13-20)8-10-19-24(2,22)23/h3-7,9,17,19H,8,10-13H2,1-2H3/t17-/m1/s1. The Hall–Kier alpha value is -1.70. The number of fused-ring (bicyclic) bond motifs is 1. The zero-order valence-corrected chi connectivity index (χ0v) is 15.0. The molecular weight excluding hydrogens is 324 g/mol. The first-order valence-electron chi connectivity index (χ1n) is 8.16. The molecule has 6 nitrogen and oxygen atoms in total. The highest BCUT2D eigenvalue weighted by atomic mass is 32.2. The molecule has 0 saturated carbocycles. The number of sulfonamides is 1. The third-order valence-electron chi connectivity index (χ3n) is 4.45. The molecule has 24 heavy (non-hydrogen) atoms. The molecule has 0 aliphatic carbocycles. The number of rotatable bonds is 6. The highest BCUT2D eigenvalue weighted by molar-refractivity contribution is 7.88. The molecule has 1 N–H and O–H groups in total. The highest BCUT2D eigenvalue weighted by Crippen LogP contribution is 2.24. The number of aromatic nitrogens is 2. The fourth-order valence-corrected chi connectivity index (χ4v) is 3.73. The maximum atomic E-state index is 11.3. The van der Waals surface area contributed by atoms with Gasteiger partial charge in [0.25, 0.3) is 0 Å². The predicted molar refractivity (Wildman–Crippen MR) is 94.0 cm³/mol. The van der Waals surface area contributed by atoms with Gasteiger partial charge in [-0.25, -0.2) is 13.1 Å². The van der Waals surface area contributed by atoms with E-state index in [0.717, 1.165) is 26.1 Å². The van der Waals surface area contributed by atoms with Crippen molar-refractivity contribution < 1.29 is 8.42 Å². The summed E-state index contributed by atoms with van der Waals surface area (Å²) in [5.41, 5.74) is 3.81. The van der Waals surface area contributed by atoms with Crippen molar-refractivity contribution in [3.05, 3.63) is 53.3 Å². The highest BCUT2D eigenvalue weighted by Gasteiger charge is 2.25. The van der Waals surface area contributed by atoms with Crippen LogP contribution in [-0.2, 0) is 23.1 Å². The fraction of sp³-hybridized carbons (Fsp3) is 0.471. The van der Waals surface area contributed by atoms with Gasteiger partial charge in [-0.2, -0.15) is 5.10 Å². The second-order valence-electron chi connectivity index (χ2n) is 6.47. The van der Waals surface area contributed by atoms with Crippen LogP contribution in [0, 0.1) is 6.92 Å². The minimum atomic E-state index is -3.15. The molecular formula is C17H24N4O2S. The summed E-state index contributed by atoms with van der Waals surface area (Å²) in [7, 11) is -3.15. The Kier molecular flexibility index (Phi) is 5.03. The first-order chi connectivity index (χ1) is 11.4. The quantitative estimate of drug-likeness (QED) is 0.863. The minimum Gasteiger partial charge on any atom is -0.291 e. The van der Waals surface area contributed by atoms with E-state index < -0.39 is 10.0 Å². The molecule has 0 unspecified atom stereocenters. The van der Waals surface area contributed by atoms with E-state index in [1.54, 1.807) is 0 Å². The van der Waals surface area contributed by atoms with Crippen molar-refractivity contribution in [2.45, 2.75) is 32.5 Å². The van der Waals surface area contributed by atoms with Gasteiger partial charge >= 0.3 is 0 Å². The molecule has 1 aliphatic rings. The van der Waals surface area contributed by atoms with Crippen LogP contribution in [0.2, 0.25) is 0 Å². The van der Waals surface area contributed by atoms with E-state index in [0.29, 0.717) is 6.54 Å². The topological polar surface area (TPSA) is 67.2 Å². The minimum absolute atomic E-state index is 0.182. The number of aryl methyl sites for hydroxylation is 1. The van der Waals surface area contributed by atoms with Crippen molar-refractivity contribution in [3.8, 4) is 0 Å². The van der Waals surface area contributed by atoms with Gasteiger partial charge in [-0.05, 0) is 30.5 Å². The smallest absolute Gasteiger partial charge is 0.208 e. The third kappa shape index (κ3) is 4.23. The van der Waals surface area contributed by atoms with Crippen molar-refractivity contribution in [3.63, 3.8) is 0 Å². The van der Waals surface area contributed by atoms with Crippen LogP contribution < -0.4 is 4.72 Å². The van der Waals surface area contributed by atoms with Crippen LogP contribution in [0.15, 0.2) is 36.5 Å². The molecule has 0 bridgehead atoms. The number of hydrogen-bond donors (Lipinski definition) is 1. The molecule has 2 aromatic rings. The summed E-state index contributed by atoms with van der Waals surface area (Å²) in [4.78, 5) is 2.41. The Morgan fingerprint density at radius 2 is 2.08 bits per heavy atom. The summed E-state index contributed by atoms with van der Waals surface area (Å²) in [5, 5.41) is 4.43.